The third kappa shape index (κ3) is 1.26. The van der Waals surface area contributed by atoms with Gasteiger partial charge in [0.2, 0.25) is 0 Å². The first kappa shape index (κ1) is 10.5. The van der Waals surface area contributed by atoms with E-state index in [1.807, 2.05) is 32.0 Å². The molecule has 2 aliphatic rings. The normalized spacial score (nSPS) is 20.8. The van der Waals surface area contributed by atoms with Crippen LogP contribution in [-0.4, -0.2) is 9.19 Å². The maximum Gasteiger partial charge on any atom is 0.420 e. The molecule has 0 unspecified atom stereocenters. The van der Waals surface area contributed by atoms with Crippen molar-refractivity contribution in [2.24, 2.45) is 0 Å². The molecule has 84 valence electrons. The fraction of sp³-hybridized carbons (Fsp3) is 0.273. The van der Waals surface area contributed by atoms with Crippen LogP contribution in [0.15, 0.2) is 18.2 Å². The number of carbonyl (C=O) groups excluding carboxylic acids is 1. The Balaban J connectivity index is 2.33. The second-order valence-electron chi connectivity index (χ2n) is 4.18. The average molecular weight is 350 g/mol. The van der Waals surface area contributed by atoms with E-state index >= 15 is 0 Å². The van der Waals surface area contributed by atoms with Crippen LogP contribution in [0.25, 0.3) is 0 Å². The third-order valence-corrected chi connectivity index (χ3v) is 5.76. The van der Waals surface area contributed by atoms with Gasteiger partial charge in [-0.25, -0.2) is 9.69 Å². The van der Waals surface area contributed by atoms with E-state index in [1.54, 1.807) is 0 Å². The number of hydrogen-bond acceptors (Lipinski definition) is 2. The minimum atomic E-state index is -0.565. The molecule has 5 heteroatoms. The van der Waals surface area contributed by atoms with E-state index < -0.39 is 26.3 Å². The van der Waals surface area contributed by atoms with Crippen LogP contribution in [0.5, 0.6) is 0 Å². The Labute approximate surface area is 108 Å². The topological polar surface area (TPSA) is 29.5 Å². The maximum absolute atomic E-state index is 11.9. The molecule has 0 saturated carbocycles. The fourth-order valence-electron chi connectivity index (χ4n) is 1.99. The highest BCUT2D eigenvalue weighted by molar-refractivity contribution is 14.2. The number of cyclic esters (lactones) is 1. The predicted molar refractivity (Wildman–Crippen MR) is 72.0 cm³/mol. The molecule has 1 amide bonds. The summed E-state index contributed by atoms with van der Waals surface area (Å²) < 4.78 is 7.23. The van der Waals surface area contributed by atoms with Gasteiger partial charge in [0.15, 0.2) is 3.09 Å². The number of benzene rings is 1. The largest absolute Gasteiger partial charge is 0.438 e. The second kappa shape index (κ2) is 3.20. The predicted octanol–water partition coefficient (Wildman–Crippen LogP) is 3.36. The van der Waals surface area contributed by atoms with Gasteiger partial charge in [0.05, 0.1) is 5.69 Å². The summed E-state index contributed by atoms with van der Waals surface area (Å²) >= 11 is 5.70. The fourth-order valence-corrected chi connectivity index (χ4v) is 5.00. The van der Waals surface area contributed by atoms with Crippen molar-refractivity contribution in [2.75, 3.05) is 4.90 Å². The summed E-state index contributed by atoms with van der Waals surface area (Å²) in [6, 6.07) is 6.04. The van der Waals surface area contributed by atoms with Crippen LogP contribution in [0, 0.1) is 3.57 Å². The number of nitrogens with zero attached hydrogens (tertiary/aromatic N) is 1. The van der Waals surface area contributed by atoms with Gasteiger partial charge in [0, 0.05) is 9.13 Å². The van der Waals surface area contributed by atoms with E-state index in [0.29, 0.717) is 3.09 Å². The van der Waals surface area contributed by atoms with Gasteiger partial charge < -0.3 is 4.74 Å². The van der Waals surface area contributed by atoms with Crippen molar-refractivity contribution in [3.05, 3.63) is 27.3 Å². The van der Waals surface area contributed by atoms with Crippen LogP contribution in [0.3, 0.4) is 0 Å². The summed E-state index contributed by atoms with van der Waals surface area (Å²) in [6.07, 6.45) is -0.354. The lowest BCUT2D eigenvalue weighted by Crippen LogP contribution is -2.43. The van der Waals surface area contributed by atoms with E-state index in [2.05, 4.69) is 0 Å². The molecule has 0 bridgehead atoms. The lowest BCUT2D eigenvalue weighted by Gasteiger charge is -2.36. The summed E-state index contributed by atoms with van der Waals surface area (Å²) in [6.45, 7) is 3.81. The van der Waals surface area contributed by atoms with Gasteiger partial charge in [0.25, 0.3) is 0 Å². The zero-order chi connectivity index (χ0) is 11.5. The molecule has 0 saturated heterocycles. The molecule has 0 aliphatic carbocycles. The highest BCUT2D eigenvalue weighted by Crippen LogP contribution is 2.47. The van der Waals surface area contributed by atoms with Crippen molar-refractivity contribution in [1.29, 1.82) is 0 Å². The van der Waals surface area contributed by atoms with E-state index in [-0.39, 0.29) is 6.09 Å². The summed E-state index contributed by atoms with van der Waals surface area (Å²) in [4.78, 5) is 13.4. The Hall–Kier alpha value is -0.620. The third-order valence-electron chi connectivity index (χ3n) is 2.73. The number of hydrogen-bond donors (Lipinski definition) is 0. The van der Waals surface area contributed by atoms with Crippen LogP contribution in [0.4, 0.5) is 10.5 Å². The quantitative estimate of drug-likeness (QED) is 0.531. The van der Waals surface area contributed by atoms with Gasteiger partial charge >= 0.3 is 6.09 Å². The Bertz CT molecular complexity index is 539. The van der Waals surface area contributed by atoms with Gasteiger partial charge in [-0.05, 0) is 40.6 Å². The summed E-state index contributed by atoms with van der Waals surface area (Å²) in [5.41, 5.74) is 1.44. The number of anilines is 1. The number of rotatable bonds is 0. The van der Waals surface area contributed by atoms with Crippen molar-refractivity contribution in [3.63, 3.8) is 0 Å². The number of amides is 1. The minimum Gasteiger partial charge on any atom is -0.438 e. The van der Waals surface area contributed by atoms with Crippen molar-refractivity contribution >= 4 is 47.2 Å². The molecule has 0 N–H and O–H groups in total. The van der Waals surface area contributed by atoms with Crippen LogP contribution < -0.4 is 4.90 Å². The summed E-state index contributed by atoms with van der Waals surface area (Å²) in [7, 11) is 0. The van der Waals surface area contributed by atoms with Crippen LogP contribution >= 0.6 is 32.3 Å². The molecule has 2 heterocycles. The molecular formula is C11H9ClINO2. The second-order valence-corrected chi connectivity index (χ2v) is 7.90. The number of para-hydroxylation sites is 1. The monoisotopic (exact) mass is 349 g/mol. The SMILES string of the molecule is CC1(C)OC(=O)N2C(Cl)=Ic3cccc1c32. The standard InChI is InChI=1S/C11H9ClINO2/c1-11(2)6-4-3-5-7-8(6)14(9(12)13-7)10(15)16-11/h3-5H,1-2H3. The molecule has 0 atom stereocenters. The van der Waals surface area contributed by atoms with E-state index in [4.69, 9.17) is 16.3 Å². The summed E-state index contributed by atoms with van der Waals surface area (Å²) in [5.74, 6) is 0. The Morgan fingerprint density at radius 3 is 2.94 bits per heavy atom. The highest BCUT2D eigenvalue weighted by atomic mass is 127. The van der Waals surface area contributed by atoms with Crippen molar-refractivity contribution in [2.45, 2.75) is 19.4 Å². The van der Waals surface area contributed by atoms with Gasteiger partial charge in [-0.2, -0.15) is 0 Å². The zero-order valence-corrected chi connectivity index (χ0v) is 11.7. The van der Waals surface area contributed by atoms with E-state index in [1.165, 1.54) is 8.47 Å². The van der Waals surface area contributed by atoms with E-state index in [9.17, 15) is 4.79 Å². The first-order valence-electron chi connectivity index (χ1n) is 4.84. The molecule has 3 nitrogen and oxygen atoms in total. The lowest BCUT2D eigenvalue weighted by atomic mass is 9.94. The maximum atomic E-state index is 11.9. The Kier molecular flexibility index (Phi) is 2.10. The van der Waals surface area contributed by atoms with Crippen LogP contribution in [-0.2, 0) is 10.3 Å². The zero-order valence-electron chi connectivity index (χ0n) is 8.75. The number of halogens is 2. The molecule has 0 fully saturated rings. The first-order chi connectivity index (χ1) is 7.50. The molecule has 0 spiro atoms. The highest BCUT2D eigenvalue weighted by Gasteiger charge is 2.43. The Morgan fingerprint density at radius 2 is 2.19 bits per heavy atom. The molecule has 0 aromatic heterocycles. The van der Waals surface area contributed by atoms with Gasteiger partial charge in [-0.1, -0.05) is 23.7 Å². The van der Waals surface area contributed by atoms with Crippen LogP contribution in [0.1, 0.15) is 19.4 Å². The van der Waals surface area contributed by atoms with Crippen molar-refractivity contribution in [3.8, 4) is 0 Å². The van der Waals surface area contributed by atoms with Gasteiger partial charge in [0.1, 0.15) is 5.60 Å². The lowest BCUT2D eigenvalue weighted by molar-refractivity contribution is 0.0381. The minimum absolute atomic E-state index is 0.354. The molecule has 16 heavy (non-hydrogen) atoms. The van der Waals surface area contributed by atoms with Crippen molar-refractivity contribution < 1.29 is 9.53 Å². The number of ether oxygens (including phenoxy) is 1. The van der Waals surface area contributed by atoms with Crippen LogP contribution in [0.2, 0.25) is 0 Å². The molecule has 0 radical (unpaired) electrons. The van der Waals surface area contributed by atoms with Gasteiger partial charge in [-0.15, -0.1) is 0 Å². The smallest absolute Gasteiger partial charge is 0.420 e. The number of carbonyl (C=O) groups is 1. The molecule has 3 rings (SSSR count). The van der Waals surface area contributed by atoms with E-state index in [0.717, 1.165) is 11.3 Å². The van der Waals surface area contributed by atoms with Gasteiger partial charge in [-0.3, -0.25) is 0 Å². The molecular weight excluding hydrogens is 340 g/mol. The summed E-state index contributed by atoms with van der Waals surface area (Å²) in [5, 5.41) is 0. The molecule has 2 aliphatic heterocycles. The molecule has 1 aromatic rings. The average Bonchev–Trinajstić information content (AvgIpc) is 2.50. The first-order valence-corrected chi connectivity index (χ1v) is 7.38. The molecule has 1 aromatic carbocycles. The Morgan fingerprint density at radius 1 is 1.44 bits per heavy atom. The van der Waals surface area contributed by atoms with Crippen molar-refractivity contribution in [1.82, 2.24) is 0 Å².